The molecule has 1 aromatic carbocycles. The van der Waals surface area contributed by atoms with E-state index in [1.807, 2.05) is 23.0 Å². The van der Waals surface area contributed by atoms with Gasteiger partial charge in [0.1, 0.15) is 0 Å². The molecule has 0 aliphatic rings. The monoisotopic (exact) mass is 198 g/mol. The van der Waals surface area contributed by atoms with Crippen molar-refractivity contribution in [1.82, 2.24) is 9.55 Å². The first kappa shape index (κ1) is 9.71. The second-order valence-corrected chi connectivity index (χ2v) is 3.42. The summed E-state index contributed by atoms with van der Waals surface area (Å²) in [7, 11) is 0. The average Bonchev–Trinajstić information content (AvgIpc) is 2.79. The van der Waals surface area contributed by atoms with E-state index in [4.69, 9.17) is 0 Å². The van der Waals surface area contributed by atoms with Crippen LogP contribution in [0.15, 0.2) is 55.1 Å². The SMILES string of the molecule is C(=C/n1ccnc1)/CCc1ccccc1. The third kappa shape index (κ3) is 3.09. The predicted octanol–water partition coefficient (Wildman–Crippen LogP) is 2.99. The van der Waals surface area contributed by atoms with Gasteiger partial charge in [-0.25, -0.2) is 4.98 Å². The van der Waals surface area contributed by atoms with Crippen LogP contribution in [0.3, 0.4) is 0 Å². The summed E-state index contributed by atoms with van der Waals surface area (Å²) < 4.78 is 1.95. The fraction of sp³-hybridized carbons (Fsp3) is 0.154. The Morgan fingerprint density at radius 2 is 2.07 bits per heavy atom. The van der Waals surface area contributed by atoms with Gasteiger partial charge in [0.25, 0.3) is 0 Å². The van der Waals surface area contributed by atoms with Crippen molar-refractivity contribution in [2.24, 2.45) is 0 Å². The molecule has 0 saturated heterocycles. The minimum Gasteiger partial charge on any atom is -0.313 e. The molecule has 0 saturated carbocycles. The minimum atomic E-state index is 1.06. The van der Waals surface area contributed by atoms with Crippen molar-refractivity contribution >= 4 is 6.20 Å². The van der Waals surface area contributed by atoms with Crippen LogP contribution in [0.4, 0.5) is 0 Å². The molecule has 2 heteroatoms. The highest BCUT2D eigenvalue weighted by Crippen LogP contribution is 2.03. The summed E-state index contributed by atoms with van der Waals surface area (Å²) in [6.45, 7) is 0. The maximum absolute atomic E-state index is 3.97. The molecule has 76 valence electrons. The lowest BCUT2D eigenvalue weighted by atomic mass is 10.1. The lowest BCUT2D eigenvalue weighted by molar-refractivity contribution is 0.995. The van der Waals surface area contributed by atoms with E-state index >= 15 is 0 Å². The van der Waals surface area contributed by atoms with Gasteiger partial charge in [0.05, 0.1) is 6.33 Å². The molecule has 0 amide bonds. The Morgan fingerprint density at radius 1 is 1.20 bits per heavy atom. The zero-order valence-corrected chi connectivity index (χ0v) is 8.58. The highest BCUT2D eigenvalue weighted by Gasteiger charge is 1.88. The molecule has 15 heavy (non-hydrogen) atoms. The van der Waals surface area contributed by atoms with Crippen LogP contribution in [0.1, 0.15) is 12.0 Å². The van der Waals surface area contributed by atoms with Crippen LogP contribution in [0.2, 0.25) is 0 Å². The number of allylic oxidation sites excluding steroid dienone is 1. The Labute approximate surface area is 89.9 Å². The van der Waals surface area contributed by atoms with Crippen LogP contribution in [-0.4, -0.2) is 9.55 Å². The van der Waals surface area contributed by atoms with Crippen LogP contribution in [0.5, 0.6) is 0 Å². The highest BCUT2D eigenvalue weighted by molar-refractivity contribution is 5.22. The largest absolute Gasteiger partial charge is 0.313 e. The molecule has 2 rings (SSSR count). The minimum absolute atomic E-state index is 1.06. The van der Waals surface area contributed by atoms with Crippen molar-refractivity contribution < 1.29 is 0 Å². The van der Waals surface area contributed by atoms with Crippen molar-refractivity contribution in [3.8, 4) is 0 Å². The van der Waals surface area contributed by atoms with E-state index in [1.165, 1.54) is 5.56 Å². The van der Waals surface area contributed by atoms with E-state index in [2.05, 4.69) is 35.3 Å². The quantitative estimate of drug-likeness (QED) is 0.738. The summed E-state index contributed by atoms with van der Waals surface area (Å²) in [5.41, 5.74) is 1.38. The zero-order valence-electron chi connectivity index (χ0n) is 8.58. The first-order valence-electron chi connectivity index (χ1n) is 5.13. The molecule has 0 N–H and O–H groups in total. The smallest absolute Gasteiger partial charge is 0.0986 e. The van der Waals surface area contributed by atoms with Gasteiger partial charge in [-0.3, -0.25) is 0 Å². The topological polar surface area (TPSA) is 17.8 Å². The molecule has 0 bridgehead atoms. The third-order valence-corrected chi connectivity index (χ3v) is 2.24. The molecule has 0 aliphatic carbocycles. The number of hydrogen-bond donors (Lipinski definition) is 0. The molecule has 0 radical (unpaired) electrons. The van der Waals surface area contributed by atoms with Crippen molar-refractivity contribution in [2.45, 2.75) is 12.8 Å². The van der Waals surface area contributed by atoms with Gasteiger partial charge in [-0.1, -0.05) is 36.4 Å². The molecule has 0 aliphatic heterocycles. The number of aromatic nitrogens is 2. The summed E-state index contributed by atoms with van der Waals surface area (Å²) >= 11 is 0. The Balaban J connectivity index is 1.80. The van der Waals surface area contributed by atoms with Crippen molar-refractivity contribution in [3.63, 3.8) is 0 Å². The van der Waals surface area contributed by atoms with E-state index in [1.54, 1.807) is 12.5 Å². The van der Waals surface area contributed by atoms with Gasteiger partial charge < -0.3 is 4.57 Å². The predicted molar refractivity (Wildman–Crippen MR) is 62.3 cm³/mol. The molecule has 2 aromatic rings. The van der Waals surface area contributed by atoms with E-state index < -0.39 is 0 Å². The normalized spacial score (nSPS) is 10.9. The molecular formula is C13H14N2. The van der Waals surface area contributed by atoms with Gasteiger partial charge in [-0.05, 0) is 18.4 Å². The number of nitrogens with zero attached hydrogens (tertiary/aromatic N) is 2. The molecule has 0 unspecified atom stereocenters. The Kier molecular flexibility index (Phi) is 3.34. The fourth-order valence-electron chi connectivity index (χ4n) is 1.45. The fourth-order valence-corrected chi connectivity index (χ4v) is 1.45. The maximum Gasteiger partial charge on any atom is 0.0986 e. The summed E-state index contributed by atoms with van der Waals surface area (Å²) in [4.78, 5) is 3.97. The number of hydrogen-bond acceptors (Lipinski definition) is 1. The number of rotatable bonds is 4. The summed E-state index contributed by atoms with van der Waals surface area (Å²) in [6.07, 6.45) is 11.8. The van der Waals surface area contributed by atoms with Crippen LogP contribution >= 0.6 is 0 Å². The Hall–Kier alpha value is -1.83. The Morgan fingerprint density at radius 3 is 2.80 bits per heavy atom. The molecule has 0 fully saturated rings. The lowest BCUT2D eigenvalue weighted by Gasteiger charge is -1.96. The van der Waals surface area contributed by atoms with Crippen molar-refractivity contribution in [1.29, 1.82) is 0 Å². The summed E-state index contributed by atoms with van der Waals surface area (Å²) in [6, 6.07) is 10.5. The number of imidazole rings is 1. The van der Waals surface area contributed by atoms with Gasteiger partial charge in [0, 0.05) is 18.6 Å². The third-order valence-electron chi connectivity index (χ3n) is 2.24. The van der Waals surface area contributed by atoms with E-state index in [0.29, 0.717) is 0 Å². The van der Waals surface area contributed by atoms with E-state index in [9.17, 15) is 0 Å². The molecule has 2 nitrogen and oxygen atoms in total. The second kappa shape index (κ2) is 5.15. The lowest BCUT2D eigenvalue weighted by Crippen LogP contribution is -1.83. The van der Waals surface area contributed by atoms with Gasteiger partial charge >= 0.3 is 0 Å². The van der Waals surface area contributed by atoms with Crippen molar-refractivity contribution in [3.05, 3.63) is 60.7 Å². The Bertz CT molecular complexity index is 401. The molecule has 1 aromatic heterocycles. The standard InChI is InChI=1S/C13H14N2/c1-2-6-13(7-3-1)8-4-5-10-15-11-9-14-12-15/h1-3,5-7,9-12H,4,8H2/b10-5-. The molecule has 0 atom stereocenters. The van der Waals surface area contributed by atoms with Crippen LogP contribution in [0.25, 0.3) is 6.20 Å². The van der Waals surface area contributed by atoms with Gasteiger partial charge in [0.2, 0.25) is 0 Å². The molecular weight excluding hydrogens is 184 g/mol. The average molecular weight is 198 g/mol. The van der Waals surface area contributed by atoms with E-state index in [0.717, 1.165) is 12.8 Å². The molecule has 0 spiro atoms. The molecule has 1 heterocycles. The first-order valence-corrected chi connectivity index (χ1v) is 5.13. The highest BCUT2D eigenvalue weighted by atomic mass is 15.0. The van der Waals surface area contributed by atoms with Gasteiger partial charge in [-0.2, -0.15) is 0 Å². The van der Waals surface area contributed by atoms with Crippen molar-refractivity contribution in [2.75, 3.05) is 0 Å². The van der Waals surface area contributed by atoms with E-state index in [-0.39, 0.29) is 0 Å². The summed E-state index contributed by atoms with van der Waals surface area (Å²) in [5, 5.41) is 0. The first-order chi connectivity index (χ1) is 7.45. The van der Waals surface area contributed by atoms with Crippen LogP contribution in [0, 0.1) is 0 Å². The maximum atomic E-state index is 3.97. The van der Waals surface area contributed by atoms with Gasteiger partial charge in [0.15, 0.2) is 0 Å². The van der Waals surface area contributed by atoms with Gasteiger partial charge in [-0.15, -0.1) is 0 Å². The van der Waals surface area contributed by atoms with Crippen LogP contribution < -0.4 is 0 Å². The zero-order chi connectivity index (χ0) is 10.3. The number of aryl methyl sites for hydroxylation is 1. The van der Waals surface area contributed by atoms with Crippen LogP contribution in [-0.2, 0) is 6.42 Å². The summed E-state index contributed by atoms with van der Waals surface area (Å²) in [5.74, 6) is 0. The number of benzene rings is 1. The second-order valence-electron chi connectivity index (χ2n) is 3.42.